The van der Waals surface area contributed by atoms with Crippen LogP contribution >= 0.6 is 0 Å². The predicted molar refractivity (Wildman–Crippen MR) is 94.6 cm³/mol. The molecule has 1 rings (SSSR count). The van der Waals surface area contributed by atoms with E-state index in [9.17, 15) is 14.4 Å². The number of nitrogens with one attached hydrogen (secondary N) is 1. The number of ether oxygens (including phenoxy) is 3. The van der Waals surface area contributed by atoms with Crippen molar-refractivity contribution in [3.8, 4) is 0 Å². The number of carboxylic acids is 1. The number of carboxylic acid groups (broad SMARTS) is 1. The van der Waals surface area contributed by atoms with Crippen molar-refractivity contribution in [2.24, 2.45) is 5.73 Å². The Balaban J connectivity index is 0.000000488. The highest BCUT2D eigenvalue weighted by atomic mass is 16.6. The fourth-order valence-corrected chi connectivity index (χ4v) is 2.14. The third-order valence-corrected chi connectivity index (χ3v) is 3.06. The van der Waals surface area contributed by atoms with Crippen molar-refractivity contribution in [1.82, 2.24) is 5.32 Å². The highest BCUT2D eigenvalue weighted by Crippen LogP contribution is 2.16. The van der Waals surface area contributed by atoms with E-state index < -0.39 is 42.3 Å². The Bertz CT molecular complexity index is 508. The molecular weight excluding hydrogens is 344 g/mol. The molecule has 0 saturated carbocycles. The van der Waals surface area contributed by atoms with Crippen molar-refractivity contribution >= 4 is 18.0 Å². The van der Waals surface area contributed by atoms with Crippen LogP contribution < -0.4 is 11.1 Å². The van der Waals surface area contributed by atoms with Crippen molar-refractivity contribution in [1.29, 1.82) is 0 Å². The molecule has 1 aliphatic rings. The van der Waals surface area contributed by atoms with Crippen molar-refractivity contribution in [3.63, 3.8) is 0 Å². The van der Waals surface area contributed by atoms with Gasteiger partial charge in [0.05, 0.1) is 23.4 Å². The highest BCUT2D eigenvalue weighted by Gasteiger charge is 2.38. The topological polar surface area (TPSA) is 137 Å². The number of hydrogen-bond donors (Lipinski definition) is 3. The molecule has 0 aromatic carbocycles. The molecule has 1 heterocycles. The minimum atomic E-state index is -1.04. The highest BCUT2D eigenvalue weighted by molar-refractivity contribution is 5.95. The molecule has 1 fully saturated rings. The zero-order chi connectivity index (χ0) is 20.9. The zero-order valence-corrected chi connectivity index (χ0v) is 16.8. The van der Waals surface area contributed by atoms with Crippen LogP contribution in [0.1, 0.15) is 55.4 Å². The van der Waals surface area contributed by atoms with E-state index in [0.717, 1.165) is 0 Å². The molecule has 26 heavy (non-hydrogen) atoms. The molecule has 9 nitrogen and oxygen atoms in total. The van der Waals surface area contributed by atoms with Crippen molar-refractivity contribution < 1.29 is 33.7 Å². The van der Waals surface area contributed by atoms with E-state index in [1.807, 2.05) is 41.5 Å². The molecular formula is C17H32N2O7. The predicted octanol–water partition coefficient (Wildman–Crippen LogP) is 1.43. The number of hydrogen-bond acceptors (Lipinski definition) is 7. The van der Waals surface area contributed by atoms with Crippen LogP contribution in [0.4, 0.5) is 4.79 Å². The molecule has 1 aliphatic heterocycles. The number of rotatable bonds is 5. The number of carbonyl (C=O) groups is 3. The molecule has 1 saturated heterocycles. The maximum absolute atomic E-state index is 11.1. The normalized spacial score (nSPS) is 21.0. The fourth-order valence-electron chi connectivity index (χ4n) is 2.14. The first-order valence-corrected chi connectivity index (χ1v) is 8.39. The second-order valence-electron chi connectivity index (χ2n) is 8.07. The van der Waals surface area contributed by atoms with Gasteiger partial charge in [0.15, 0.2) is 6.04 Å². The number of aliphatic carboxylic acids is 1. The number of amides is 1. The van der Waals surface area contributed by atoms with E-state index in [1.165, 1.54) is 0 Å². The van der Waals surface area contributed by atoms with Crippen LogP contribution in [0.3, 0.4) is 0 Å². The summed E-state index contributed by atoms with van der Waals surface area (Å²) in [6, 6.07) is -1.65. The van der Waals surface area contributed by atoms with Gasteiger partial charge >= 0.3 is 18.0 Å². The Hall–Kier alpha value is -1.71. The average Bonchev–Trinajstić information content (AvgIpc) is 2.73. The van der Waals surface area contributed by atoms with E-state index in [0.29, 0.717) is 0 Å². The van der Waals surface area contributed by atoms with Gasteiger partial charge in [-0.2, -0.15) is 0 Å². The number of esters is 1. The van der Waals surface area contributed by atoms with Gasteiger partial charge in [-0.25, -0.2) is 9.59 Å². The molecule has 0 aromatic heterocycles. The van der Waals surface area contributed by atoms with Crippen LogP contribution in [0.15, 0.2) is 0 Å². The minimum Gasteiger partial charge on any atom is -0.480 e. The monoisotopic (exact) mass is 376 g/mol. The first-order valence-electron chi connectivity index (χ1n) is 8.39. The van der Waals surface area contributed by atoms with Gasteiger partial charge in [0.2, 0.25) is 0 Å². The van der Waals surface area contributed by atoms with Crippen molar-refractivity contribution in [2.75, 3.05) is 0 Å². The summed E-state index contributed by atoms with van der Waals surface area (Å²) in [7, 11) is 0. The SMILES string of the molecule is CC(OC(C)(C)C)C(N)C(=O)O.CC(OC(C)(C)C)C1NC(=O)OC1=O. The molecule has 0 bridgehead atoms. The van der Waals surface area contributed by atoms with Gasteiger partial charge in [0, 0.05) is 0 Å². The molecule has 152 valence electrons. The Morgan fingerprint density at radius 2 is 1.58 bits per heavy atom. The average molecular weight is 376 g/mol. The lowest BCUT2D eigenvalue weighted by Gasteiger charge is -2.26. The van der Waals surface area contributed by atoms with Crippen LogP contribution in [-0.4, -0.2) is 58.6 Å². The molecule has 4 N–H and O–H groups in total. The van der Waals surface area contributed by atoms with E-state index in [2.05, 4.69) is 10.1 Å². The summed E-state index contributed by atoms with van der Waals surface area (Å²) >= 11 is 0. The number of nitrogens with two attached hydrogens (primary N) is 1. The summed E-state index contributed by atoms with van der Waals surface area (Å²) < 4.78 is 15.2. The second-order valence-corrected chi connectivity index (χ2v) is 8.07. The Labute approximate surface area is 154 Å². The standard InChI is InChI=1S/C9H15NO4.C8H17NO3/c1-5(14-9(2,3)4)6-7(11)13-8(12)10-6;1-5(6(9)7(10)11)12-8(2,3)4/h5-6H,1-4H3,(H,10,12);5-6H,9H2,1-4H3,(H,10,11). The van der Waals surface area contributed by atoms with Gasteiger partial charge in [-0.1, -0.05) is 0 Å². The van der Waals surface area contributed by atoms with Crippen LogP contribution in [0.2, 0.25) is 0 Å². The number of alkyl carbamates (subject to hydrolysis) is 1. The van der Waals surface area contributed by atoms with E-state index in [-0.39, 0.29) is 11.2 Å². The van der Waals surface area contributed by atoms with Gasteiger partial charge in [0.25, 0.3) is 0 Å². The maximum atomic E-state index is 11.1. The minimum absolute atomic E-state index is 0.354. The summed E-state index contributed by atoms with van der Waals surface area (Å²) in [5.41, 5.74) is 4.63. The Kier molecular flexibility index (Phi) is 8.68. The molecule has 4 atom stereocenters. The maximum Gasteiger partial charge on any atom is 0.415 e. The lowest BCUT2D eigenvalue weighted by molar-refractivity contribution is -0.145. The first kappa shape index (κ1) is 24.3. The van der Waals surface area contributed by atoms with Gasteiger partial charge in [0.1, 0.15) is 6.04 Å². The largest absolute Gasteiger partial charge is 0.480 e. The summed E-state index contributed by atoms with van der Waals surface area (Å²) in [5.74, 6) is -1.61. The molecule has 0 radical (unpaired) electrons. The Morgan fingerprint density at radius 1 is 1.12 bits per heavy atom. The smallest absolute Gasteiger partial charge is 0.415 e. The fraction of sp³-hybridized carbons (Fsp3) is 0.824. The quantitative estimate of drug-likeness (QED) is 0.484. The van der Waals surface area contributed by atoms with Gasteiger partial charge in [-0.15, -0.1) is 0 Å². The van der Waals surface area contributed by atoms with Crippen LogP contribution in [0.25, 0.3) is 0 Å². The third-order valence-electron chi connectivity index (χ3n) is 3.06. The molecule has 0 aromatic rings. The Morgan fingerprint density at radius 3 is 1.88 bits per heavy atom. The second kappa shape index (κ2) is 9.29. The summed E-state index contributed by atoms with van der Waals surface area (Å²) in [6.07, 6.45) is -1.57. The summed E-state index contributed by atoms with van der Waals surface area (Å²) in [4.78, 5) is 32.3. The van der Waals surface area contributed by atoms with E-state index >= 15 is 0 Å². The van der Waals surface area contributed by atoms with Gasteiger partial charge in [-0.05, 0) is 55.4 Å². The molecule has 0 spiro atoms. The van der Waals surface area contributed by atoms with E-state index in [4.69, 9.17) is 20.3 Å². The van der Waals surface area contributed by atoms with Gasteiger partial charge in [-0.3, -0.25) is 4.79 Å². The molecule has 0 aliphatic carbocycles. The third kappa shape index (κ3) is 9.69. The van der Waals surface area contributed by atoms with Crippen LogP contribution in [-0.2, 0) is 23.8 Å². The molecule has 4 unspecified atom stereocenters. The van der Waals surface area contributed by atoms with Crippen molar-refractivity contribution in [2.45, 2.75) is 90.9 Å². The number of cyclic esters (lactones) is 2. The van der Waals surface area contributed by atoms with Crippen molar-refractivity contribution in [3.05, 3.63) is 0 Å². The van der Waals surface area contributed by atoms with E-state index in [1.54, 1.807) is 13.8 Å². The lowest BCUT2D eigenvalue weighted by Crippen LogP contribution is -2.44. The van der Waals surface area contributed by atoms with Crippen LogP contribution in [0, 0.1) is 0 Å². The lowest BCUT2D eigenvalue weighted by atomic mass is 10.1. The summed E-state index contributed by atoms with van der Waals surface area (Å²) in [5, 5.41) is 10.9. The first-order chi connectivity index (χ1) is 11.5. The van der Waals surface area contributed by atoms with Crippen LogP contribution in [0.5, 0.6) is 0 Å². The summed E-state index contributed by atoms with van der Waals surface area (Å²) in [6.45, 7) is 14.6. The zero-order valence-electron chi connectivity index (χ0n) is 16.8. The number of carbonyl (C=O) groups excluding carboxylic acids is 2. The van der Waals surface area contributed by atoms with Gasteiger partial charge < -0.3 is 30.4 Å². The molecule has 9 heteroatoms. The molecule has 1 amide bonds.